The third kappa shape index (κ3) is 4.97. The lowest BCUT2D eigenvalue weighted by molar-refractivity contribution is -0.131. The first-order valence-electron chi connectivity index (χ1n) is 11.7. The first-order chi connectivity index (χ1) is 16.8. The van der Waals surface area contributed by atoms with E-state index in [4.69, 9.17) is 14.2 Å². The number of thiazole rings is 1. The van der Waals surface area contributed by atoms with Crippen LogP contribution in [0.5, 0.6) is 11.5 Å². The zero-order valence-corrected chi connectivity index (χ0v) is 21.0. The number of hydrogen-bond donors (Lipinski definition) is 1. The van der Waals surface area contributed by atoms with E-state index in [0.717, 1.165) is 17.8 Å². The highest BCUT2D eigenvalue weighted by atomic mass is 32.1. The summed E-state index contributed by atoms with van der Waals surface area (Å²) in [5.74, 6) is -0.505. The molecule has 1 saturated heterocycles. The molecule has 1 fully saturated rings. The predicted octanol–water partition coefficient (Wildman–Crippen LogP) is 4.48. The average Bonchev–Trinajstić information content (AvgIpc) is 3.53. The van der Waals surface area contributed by atoms with E-state index in [1.165, 1.54) is 16.2 Å². The molecule has 3 heterocycles. The van der Waals surface area contributed by atoms with Crippen LogP contribution in [0.3, 0.4) is 0 Å². The Morgan fingerprint density at radius 1 is 1.34 bits per heavy atom. The minimum Gasteiger partial charge on any atom is -0.503 e. The summed E-state index contributed by atoms with van der Waals surface area (Å²) < 4.78 is 17.3. The molecule has 2 aliphatic rings. The number of nitrogens with zero attached hydrogens (tertiary/aromatic N) is 2. The molecule has 0 bridgehead atoms. The highest BCUT2D eigenvalue weighted by Crippen LogP contribution is 2.43. The summed E-state index contributed by atoms with van der Waals surface area (Å²) in [6.45, 7) is 10.7. The average molecular weight is 499 g/mol. The summed E-state index contributed by atoms with van der Waals surface area (Å²) in [6, 6.07) is 4.50. The first kappa shape index (κ1) is 24.9. The quantitative estimate of drug-likeness (QED) is 0.381. The van der Waals surface area contributed by atoms with Crippen molar-refractivity contribution in [3.05, 3.63) is 63.3 Å². The van der Waals surface area contributed by atoms with Crippen LogP contribution in [0.25, 0.3) is 0 Å². The summed E-state index contributed by atoms with van der Waals surface area (Å²) >= 11 is 1.25. The lowest BCUT2D eigenvalue weighted by Crippen LogP contribution is -2.37. The van der Waals surface area contributed by atoms with Gasteiger partial charge in [0.05, 0.1) is 39.9 Å². The van der Waals surface area contributed by atoms with Gasteiger partial charge in [0.1, 0.15) is 6.61 Å². The number of hydrogen-bond acceptors (Lipinski definition) is 8. The largest absolute Gasteiger partial charge is 0.503 e. The zero-order valence-electron chi connectivity index (χ0n) is 20.2. The van der Waals surface area contributed by atoms with Gasteiger partial charge in [0.15, 0.2) is 17.3 Å². The number of ketones is 1. The van der Waals surface area contributed by atoms with Crippen molar-refractivity contribution in [3.8, 4) is 11.5 Å². The highest BCUT2D eigenvalue weighted by molar-refractivity contribution is 7.14. The zero-order chi connectivity index (χ0) is 25.1. The number of rotatable bonds is 10. The molecule has 0 radical (unpaired) electrons. The number of aliphatic hydroxyl groups is 1. The second-order valence-electron chi connectivity index (χ2n) is 8.47. The Hall–Kier alpha value is -3.17. The molecule has 0 spiro atoms. The Morgan fingerprint density at radius 3 is 2.77 bits per heavy atom. The predicted molar refractivity (Wildman–Crippen MR) is 132 cm³/mol. The Balaban J connectivity index is 1.79. The van der Waals surface area contributed by atoms with Crippen molar-refractivity contribution in [2.45, 2.75) is 45.8 Å². The Kier molecular flexibility index (Phi) is 7.57. The minimum absolute atomic E-state index is 0.0435. The van der Waals surface area contributed by atoms with Gasteiger partial charge in [-0.3, -0.25) is 9.59 Å². The van der Waals surface area contributed by atoms with Gasteiger partial charge in [0.25, 0.3) is 5.91 Å². The molecule has 8 nitrogen and oxygen atoms in total. The topological polar surface area (TPSA) is 98.2 Å². The molecular formula is C26H30N2O6S. The van der Waals surface area contributed by atoms with Gasteiger partial charge in [-0.15, -0.1) is 11.3 Å². The van der Waals surface area contributed by atoms with Crippen LogP contribution in [0.1, 0.15) is 51.7 Å². The maximum atomic E-state index is 13.7. The van der Waals surface area contributed by atoms with Gasteiger partial charge in [0.2, 0.25) is 5.78 Å². The molecule has 0 aliphatic carbocycles. The van der Waals surface area contributed by atoms with E-state index in [2.05, 4.69) is 11.6 Å². The molecule has 1 aromatic heterocycles. The number of aliphatic hydroxyl groups excluding tert-OH is 1. The van der Waals surface area contributed by atoms with E-state index in [9.17, 15) is 14.7 Å². The van der Waals surface area contributed by atoms with Crippen LogP contribution in [0.15, 0.2) is 42.2 Å². The Bertz CT molecular complexity index is 1160. The van der Waals surface area contributed by atoms with E-state index in [1.807, 2.05) is 13.8 Å². The normalized spacial score (nSPS) is 20.0. The minimum atomic E-state index is -0.798. The molecule has 35 heavy (non-hydrogen) atoms. The van der Waals surface area contributed by atoms with Crippen molar-refractivity contribution in [1.29, 1.82) is 0 Å². The van der Waals surface area contributed by atoms with Crippen LogP contribution in [-0.2, 0) is 9.53 Å². The van der Waals surface area contributed by atoms with Crippen molar-refractivity contribution in [2.75, 3.05) is 26.4 Å². The summed E-state index contributed by atoms with van der Waals surface area (Å²) in [6.07, 6.45) is 3.20. The number of carbonyl (C=O) groups excluding carboxylic acids is 2. The number of ether oxygens (including phenoxy) is 3. The van der Waals surface area contributed by atoms with E-state index >= 15 is 0 Å². The number of amides is 1. The van der Waals surface area contributed by atoms with Crippen LogP contribution in [0.2, 0.25) is 0 Å². The van der Waals surface area contributed by atoms with Gasteiger partial charge in [-0.25, -0.2) is 4.98 Å². The third-order valence-electron chi connectivity index (χ3n) is 6.02. The van der Waals surface area contributed by atoms with Crippen molar-refractivity contribution in [2.24, 2.45) is 0 Å². The third-order valence-corrected chi connectivity index (χ3v) is 7.09. The lowest BCUT2D eigenvalue weighted by Gasteiger charge is -2.29. The molecular weight excluding hydrogens is 468 g/mol. The SMILES string of the molecule is C=CCOc1ccc(C2C(C(=O)c3sc(C)nc3C)=C(O)C(=O)N2CC2CCCO2)cc1OCC. The van der Waals surface area contributed by atoms with Crippen molar-refractivity contribution in [1.82, 2.24) is 9.88 Å². The molecule has 186 valence electrons. The number of benzene rings is 1. The van der Waals surface area contributed by atoms with Gasteiger partial charge in [-0.05, 0) is 51.3 Å². The van der Waals surface area contributed by atoms with Crippen molar-refractivity contribution in [3.63, 3.8) is 0 Å². The monoisotopic (exact) mass is 498 g/mol. The molecule has 2 aliphatic heterocycles. The fourth-order valence-electron chi connectivity index (χ4n) is 4.52. The van der Waals surface area contributed by atoms with Gasteiger partial charge in [0, 0.05) is 13.2 Å². The molecule has 2 aromatic rings. The summed E-state index contributed by atoms with van der Waals surface area (Å²) in [5.41, 5.74) is 1.25. The van der Waals surface area contributed by atoms with Crippen LogP contribution in [-0.4, -0.2) is 59.2 Å². The van der Waals surface area contributed by atoms with Gasteiger partial charge in [-0.2, -0.15) is 0 Å². The molecule has 1 amide bonds. The van der Waals surface area contributed by atoms with Crippen molar-refractivity contribution >= 4 is 23.0 Å². The van der Waals surface area contributed by atoms with Crippen LogP contribution in [0.4, 0.5) is 0 Å². The summed E-state index contributed by atoms with van der Waals surface area (Å²) in [7, 11) is 0. The molecule has 4 rings (SSSR count). The second-order valence-corrected chi connectivity index (χ2v) is 9.68. The summed E-state index contributed by atoms with van der Waals surface area (Å²) in [4.78, 5) is 33.3. The smallest absolute Gasteiger partial charge is 0.290 e. The Labute approximate surface area is 208 Å². The number of aromatic nitrogens is 1. The molecule has 0 saturated carbocycles. The van der Waals surface area contributed by atoms with Crippen LogP contribution < -0.4 is 9.47 Å². The van der Waals surface area contributed by atoms with E-state index < -0.39 is 23.5 Å². The maximum absolute atomic E-state index is 13.7. The number of carbonyl (C=O) groups is 2. The van der Waals surface area contributed by atoms with E-state index in [1.54, 1.807) is 31.2 Å². The van der Waals surface area contributed by atoms with Gasteiger partial charge >= 0.3 is 0 Å². The molecule has 1 N–H and O–H groups in total. The van der Waals surface area contributed by atoms with E-state index in [0.29, 0.717) is 47.5 Å². The van der Waals surface area contributed by atoms with Crippen molar-refractivity contribution < 1.29 is 28.9 Å². The Morgan fingerprint density at radius 2 is 2.14 bits per heavy atom. The van der Waals surface area contributed by atoms with Crippen LogP contribution in [0, 0.1) is 13.8 Å². The summed E-state index contributed by atoms with van der Waals surface area (Å²) in [5, 5.41) is 11.7. The van der Waals surface area contributed by atoms with E-state index in [-0.39, 0.29) is 18.2 Å². The molecule has 1 aromatic carbocycles. The standard InChI is InChI=1S/C26H30N2O6S/c1-5-11-34-19-10-9-17(13-20(19)32-6-2)22-21(23(29)25-15(3)27-16(4)35-25)24(30)26(31)28(22)14-18-8-7-12-33-18/h5,9-10,13,18,22,30H,1,6-8,11-12,14H2,2-4H3. The maximum Gasteiger partial charge on any atom is 0.290 e. The van der Waals surface area contributed by atoms with Crippen LogP contribution >= 0.6 is 11.3 Å². The molecule has 2 atom stereocenters. The fourth-order valence-corrected chi connectivity index (χ4v) is 5.40. The molecule has 9 heteroatoms. The van der Waals surface area contributed by atoms with Gasteiger partial charge < -0.3 is 24.2 Å². The lowest BCUT2D eigenvalue weighted by atomic mass is 9.94. The highest BCUT2D eigenvalue weighted by Gasteiger charge is 2.45. The number of Topliss-reactive ketones (excluding diaryl/α,β-unsaturated/α-hetero) is 1. The molecule has 2 unspecified atom stereocenters. The number of aryl methyl sites for hydroxylation is 2. The second kappa shape index (κ2) is 10.6. The first-order valence-corrected chi connectivity index (χ1v) is 12.5. The fraction of sp³-hybridized carbons (Fsp3) is 0.423. The van der Waals surface area contributed by atoms with Gasteiger partial charge in [-0.1, -0.05) is 18.7 Å².